The maximum absolute atomic E-state index is 13.4. The molecule has 2 N–H and O–H groups in total. The Hall–Kier alpha value is -3.23. The standard InChI is InChI=1S/C21H20N2O5S/c1-12(25)23-17-5-4-13(21-22-6-7-29-21)9-16(17)19(26)14-8-15(11-24)20(28-3)18(10-14)27-2/h4-10,24H,11H2,1-3H3,(H,23,25). The highest BCUT2D eigenvalue weighted by Crippen LogP contribution is 2.35. The summed E-state index contributed by atoms with van der Waals surface area (Å²) in [6.45, 7) is 1.06. The number of ketones is 1. The monoisotopic (exact) mass is 412 g/mol. The highest BCUT2D eigenvalue weighted by atomic mass is 32.1. The number of rotatable bonds is 7. The fourth-order valence-electron chi connectivity index (χ4n) is 2.98. The molecule has 1 heterocycles. The number of carbonyl (C=O) groups excluding carboxylic acids is 2. The Bertz CT molecular complexity index is 1020. The van der Waals surface area contributed by atoms with Gasteiger partial charge in [-0.25, -0.2) is 4.98 Å². The second-order valence-electron chi connectivity index (χ2n) is 6.14. The predicted molar refractivity (Wildman–Crippen MR) is 111 cm³/mol. The number of ether oxygens (including phenoxy) is 2. The van der Waals surface area contributed by atoms with E-state index in [4.69, 9.17) is 9.47 Å². The molecule has 29 heavy (non-hydrogen) atoms. The van der Waals surface area contributed by atoms with E-state index in [1.807, 2.05) is 5.38 Å². The third kappa shape index (κ3) is 4.28. The van der Waals surface area contributed by atoms with Crippen molar-refractivity contribution >= 4 is 28.7 Å². The molecule has 1 aromatic heterocycles. The van der Waals surface area contributed by atoms with Crippen molar-refractivity contribution in [3.05, 3.63) is 58.6 Å². The van der Waals surface area contributed by atoms with E-state index in [0.29, 0.717) is 33.9 Å². The number of anilines is 1. The van der Waals surface area contributed by atoms with E-state index in [2.05, 4.69) is 10.3 Å². The molecule has 3 aromatic rings. The molecule has 0 bridgehead atoms. The number of aliphatic hydroxyl groups excluding tert-OH is 1. The van der Waals surface area contributed by atoms with Gasteiger partial charge in [0.15, 0.2) is 17.3 Å². The summed E-state index contributed by atoms with van der Waals surface area (Å²) >= 11 is 1.45. The van der Waals surface area contributed by atoms with Crippen molar-refractivity contribution in [2.45, 2.75) is 13.5 Å². The zero-order chi connectivity index (χ0) is 21.0. The first-order chi connectivity index (χ1) is 14.0. The molecule has 0 saturated carbocycles. The quantitative estimate of drug-likeness (QED) is 0.577. The predicted octanol–water partition coefficient (Wildman–Crippen LogP) is 3.51. The summed E-state index contributed by atoms with van der Waals surface area (Å²) in [6, 6.07) is 8.28. The summed E-state index contributed by atoms with van der Waals surface area (Å²) in [7, 11) is 2.92. The lowest BCUT2D eigenvalue weighted by molar-refractivity contribution is -0.114. The Morgan fingerprint density at radius 3 is 2.55 bits per heavy atom. The van der Waals surface area contributed by atoms with E-state index >= 15 is 0 Å². The van der Waals surface area contributed by atoms with Crippen LogP contribution in [0.3, 0.4) is 0 Å². The molecule has 0 aliphatic heterocycles. The lowest BCUT2D eigenvalue weighted by Gasteiger charge is -2.15. The minimum absolute atomic E-state index is 0.288. The normalized spacial score (nSPS) is 10.5. The molecule has 1 amide bonds. The van der Waals surface area contributed by atoms with Crippen LogP contribution in [-0.4, -0.2) is 36.0 Å². The Morgan fingerprint density at radius 2 is 1.97 bits per heavy atom. The average molecular weight is 412 g/mol. The van der Waals surface area contributed by atoms with Gasteiger partial charge in [0.2, 0.25) is 5.91 Å². The topological polar surface area (TPSA) is 97.8 Å². The van der Waals surface area contributed by atoms with Crippen LogP contribution in [0.25, 0.3) is 10.6 Å². The first-order valence-corrected chi connectivity index (χ1v) is 9.58. The minimum atomic E-state index is -0.331. The number of thiazole rings is 1. The van der Waals surface area contributed by atoms with Crippen molar-refractivity contribution in [2.75, 3.05) is 19.5 Å². The zero-order valence-electron chi connectivity index (χ0n) is 16.2. The van der Waals surface area contributed by atoms with Crippen LogP contribution >= 0.6 is 11.3 Å². The van der Waals surface area contributed by atoms with Gasteiger partial charge in [-0.05, 0) is 30.3 Å². The van der Waals surface area contributed by atoms with Crippen molar-refractivity contribution in [2.24, 2.45) is 0 Å². The van der Waals surface area contributed by atoms with Gasteiger partial charge in [0.05, 0.1) is 26.5 Å². The Morgan fingerprint density at radius 1 is 1.17 bits per heavy atom. The van der Waals surface area contributed by atoms with Crippen molar-refractivity contribution < 1.29 is 24.2 Å². The van der Waals surface area contributed by atoms with Crippen LogP contribution in [0.15, 0.2) is 41.9 Å². The minimum Gasteiger partial charge on any atom is -0.493 e. The molecule has 3 rings (SSSR count). The second-order valence-corrected chi connectivity index (χ2v) is 7.03. The van der Waals surface area contributed by atoms with Gasteiger partial charge in [0.1, 0.15) is 5.01 Å². The molecule has 0 aliphatic carbocycles. The number of amides is 1. The van der Waals surface area contributed by atoms with E-state index in [1.54, 1.807) is 36.5 Å². The molecule has 0 unspecified atom stereocenters. The number of carbonyl (C=O) groups is 2. The summed E-state index contributed by atoms with van der Waals surface area (Å²) in [4.78, 5) is 29.3. The Labute approximate surface area is 171 Å². The molecule has 2 aromatic carbocycles. The van der Waals surface area contributed by atoms with Crippen LogP contribution in [0.4, 0.5) is 5.69 Å². The van der Waals surface area contributed by atoms with Crippen LogP contribution in [0, 0.1) is 0 Å². The van der Waals surface area contributed by atoms with Crippen LogP contribution in [0.1, 0.15) is 28.4 Å². The number of methoxy groups -OCH3 is 2. The lowest BCUT2D eigenvalue weighted by atomic mass is 9.97. The number of aromatic nitrogens is 1. The summed E-state index contributed by atoms with van der Waals surface area (Å²) in [6.07, 6.45) is 1.69. The second kappa shape index (κ2) is 8.85. The Balaban J connectivity index is 2.14. The molecule has 8 heteroatoms. The van der Waals surface area contributed by atoms with Crippen LogP contribution in [0.2, 0.25) is 0 Å². The molecular formula is C21H20N2O5S. The molecular weight excluding hydrogens is 392 g/mol. The van der Waals surface area contributed by atoms with Gasteiger partial charge < -0.3 is 19.9 Å². The van der Waals surface area contributed by atoms with E-state index in [-0.39, 0.29) is 18.3 Å². The van der Waals surface area contributed by atoms with Crippen LogP contribution in [0.5, 0.6) is 11.5 Å². The van der Waals surface area contributed by atoms with Gasteiger partial charge in [-0.1, -0.05) is 0 Å². The highest BCUT2D eigenvalue weighted by Gasteiger charge is 2.20. The van der Waals surface area contributed by atoms with E-state index < -0.39 is 0 Å². The molecule has 0 atom stereocenters. The van der Waals surface area contributed by atoms with Crippen molar-refractivity contribution in [1.82, 2.24) is 4.98 Å². The van der Waals surface area contributed by atoms with Gasteiger partial charge in [-0.15, -0.1) is 11.3 Å². The molecule has 7 nitrogen and oxygen atoms in total. The third-order valence-corrected chi connectivity index (χ3v) is 5.06. The molecule has 0 aliphatic rings. The SMILES string of the molecule is COc1cc(C(=O)c2cc(-c3nccs3)ccc2NC(C)=O)cc(CO)c1OC. The van der Waals surface area contributed by atoms with Gasteiger partial charge in [-0.2, -0.15) is 0 Å². The van der Waals surface area contributed by atoms with Crippen molar-refractivity contribution in [3.8, 4) is 22.1 Å². The smallest absolute Gasteiger partial charge is 0.221 e. The number of nitrogens with one attached hydrogen (secondary N) is 1. The van der Waals surface area contributed by atoms with Gasteiger partial charge in [0, 0.05) is 40.8 Å². The Kier molecular flexibility index (Phi) is 6.26. The highest BCUT2D eigenvalue weighted by molar-refractivity contribution is 7.13. The summed E-state index contributed by atoms with van der Waals surface area (Å²) in [5.74, 6) is 0.0805. The summed E-state index contributed by atoms with van der Waals surface area (Å²) in [5.41, 5.74) is 2.19. The summed E-state index contributed by atoms with van der Waals surface area (Å²) < 4.78 is 10.6. The average Bonchev–Trinajstić information content (AvgIpc) is 3.26. The van der Waals surface area contributed by atoms with Crippen LogP contribution in [-0.2, 0) is 11.4 Å². The van der Waals surface area contributed by atoms with Crippen molar-refractivity contribution in [3.63, 3.8) is 0 Å². The fourth-order valence-corrected chi connectivity index (χ4v) is 3.61. The summed E-state index contributed by atoms with van der Waals surface area (Å²) in [5, 5.41) is 15.0. The molecule has 150 valence electrons. The first kappa shape index (κ1) is 20.5. The molecule has 0 fully saturated rings. The van der Waals surface area contributed by atoms with Gasteiger partial charge in [-0.3, -0.25) is 9.59 Å². The number of aliphatic hydroxyl groups is 1. The zero-order valence-corrected chi connectivity index (χ0v) is 17.0. The number of hydrogen-bond donors (Lipinski definition) is 2. The molecule has 0 saturated heterocycles. The van der Waals surface area contributed by atoms with Gasteiger partial charge >= 0.3 is 0 Å². The number of hydrogen-bond acceptors (Lipinski definition) is 7. The van der Waals surface area contributed by atoms with E-state index in [9.17, 15) is 14.7 Å². The third-order valence-electron chi connectivity index (χ3n) is 4.24. The first-order valence-electron chi connectivity index (χ1n) is 8.70. The maximum Gasteiger partial charge on any atom is 0.221 e. The fraction of sp³-hybridized carbons (Fsp3) is 0.190. The number of nitrogens with zero attached hydrogens (tertiary/aromatic N) is 1. The maximum atomic E-state index is 13.4. The molecule has 0 radical (unpaired) electrons. The van der Waals surface area contributed by atoms with E-state index in [1.165, 1.54) is 32.5 Å². The van der Waals surface area contributed by atoms with Gasteiger partial charge in [0.25, 0.3) is 0 Å². The lowest BCUT2D eigenvalue weighted by Crippen LogP contribution is -2.12. The molecule has 0 spiro atoms. The van der Waals surface area contributed by atoms with Crippen LogP contribution < -0.4 is 14.8 Å². The van der Waals surface area contributed by atoms with Crippen molar-refractivity contribution in [1.29, 1.82) is 0 Å². The number of benzene rings is 2. The largest absolute Gasteiger partial charge is 0.493 e. The van der Waals surface area contributed by atoms with E-state index in [0.717, 1.165) is 10.6 Å².